The fraction of sp³-hybridized carbons (Fsp3) is 0.667. The first-order valence-electron chi connectivity index (χ1n) is 5.92. The normalized spacial score (nSPS) is 12.5. The van der Waals surface area contributed by atoms with Crippen molar-refractivity contribution in [2.24, 2.45) is 5.92 Å². The van der Waals surface area contributed by atoms with E-state index < -0.39 is 0 Å². The van der Waals surface area contributed by atoms with Crippen LogP contribution < -0.4 is 5.32 Å². The van der Waals surface area contributed by atoms with Crippen molar-refractivity contribution >= 4 is 21.7 Å². The van der Waals surface area contributed by atoms with Crippen LogP contribution in [0.15, 0.2) is 10.7 Å². The molecule has 0 aliphatic carbocycles. The molecule has 0 amide bonds. The third-order valence-corrected chi connectivity index (χ3v) is 2.70. The van der Waals surface area contributed by atoms with Crippen LogP contribution in [0.1, 0.15) is 26.1 Å². The van der Waals surface area contributed by atoms with Gasteiger partial charge in [-0.2, -0.15) is 0 Å². The van der Waals surface area contributed by atoms with Crippen molar-refractivity contribution in [2.45, 2.75) is 26.7 Å². The molecule has 1 unspecified atom stereocenters. The third-order valence-electron chi connectivity index (χ3n) is 2.30. The molecule has 1 N–H and O–H groups in total. The number of hydrogen-bond donors (Lipinski definition) is 1. The number of rotatable bonds is 7. The zero-order valence-corrected chi connectivity index (χ0v) is 12.2. The lowest BCUT2D eigenvalue weighted by Crippen LogP contribution is -2.17. The smallest absolute Gasteiger partial charge is 0.132 e. The van der Waals surface area contributed by atoms with Crippen molar-refractivity contribution in [1.29, 1.82) is 0 Å². The Labute approximate surface area is 111 Å². The van der Waals surface area contributed by atoms with Gasteiger partial charge in [0.1, 0.15) is 16.2 Å². The highest BCUT2D eigenvalue weighted by molar-refractivity contribution is 9.10. The van der Waals surface area contributed by atoms with Gasteiger partial charge >= 0.3 is 0 Å². The highest BCUT2D eigenvalue weighted by Crippen LogP contribution is 2.13. The van der Waals surface area contributed by atoms with Crippen molar-refractivity contribution in [1.82, 2.24) is 9.97 Å². The van der Waals surface area contributed by atoms with Gasteiger partial charge in [-0.25, -0.2) is 9.97 Å². The van der Waals surface area contributed by atoms with Crippen LogP contribution in [-0.2, 0) is 11.2 Å². The molecule has 1 aromatic heterocycles. The Morgan fingerprint density at radius 1 is 1.47 bits per heavy atom. The number of halogens is 1. The Balaban J connectivity index is 2.57. The second-order valence-corrected chi connectivity index (χ2v) is 5.00. The number of hydrogen-bond acceptors (Lipinski definition) is 4. The van der Waals surface area contributed by atoms with Crippen LogP contribution >= 0.6 is 15.9 Å². The lowest BCUT2D eigenvalue weighted by Gasteiger charge is -2.12. The van der Waals surface area contributed by atoms with E-state index in [9.17, 15) is 0 Å². The van der Waals surface area contributed by atoms with Crippen molar-refractivity contribution in [3.8, 4) is 0 Å². The molecule has 96 valence electrons. The van der Waals surface area contributed by atoms with E-state index in [0.717, 1.165) is 42.2 Å². The Bertz CT molecular complexity index is 347. The van der Waals surface area contributed by atoms with Crippen molar-refractivity contribution in [2.75, 3.05) is 25.6 Å². The summed E-state index contributed by atoms with van der Waals surface area (Å²) in [7, 11) is 1.72. The Hall–Kier alpha value is -0.680. The highest BCUT2D eigenvalue weighted by atomic mass is 79.9. The Kier molecular flexibility index (Phi) is 6.44. The quantitative estimate of drug-likeness (QED) is 0.787. The monoisotopic (exact) mass is 301 g/mol. The summed E-state index contributed by atoms with van der Waals surface area (Å²) >= 11 is 3.40. The predicted molar refractivity (Wildman–Crippen MR) is 73.3 cm³/mol. The first kappa shape index (κ1) is 14.4. The van der Waals surface area contributed by atoms with Gasteiger partial charge in [0, 0.05) is 26.1 Å². The van der Waals surface area contributed by atoms with Gasteiger partial charge in [-0.05, 0) is 28.3 Å². The van der Waals surface area contributed by atoms with Crippen molar-refractivity contribution in [3.63, 3.8) is 0 Å². The molecule has 1 atom stereocenters. The summed E-state index contributed by atoms with van der Waals surface area (Å²) in [5, 5.41) is 3.31. The average molecular weight is 302 g/mol. The highest BCUT2D eigenvalue weighted by Gasteiger charge is 2.05. The minimum atomic E-state index is 0.461. The lowest BCUT2D eigenvalue weighted by atomic mass is 10.2. The van der Waals surface area contributed by atoms with Gasteiger partial charge in [0.25, 0.3) is 0 Å². The molecular weight excluding hydrogens is 282 g/mol. The van der Waals surface area contributed by atoms with Crippen LogP contribution in [0.5, 0.6) is 0 Å². The predicted octanol–water partition coefficient (Wildman–Crippen LogP) is 2.89. The summed E-state index contributed by atoms with van der Waals surface area (Å²) in [6.07, 6.45) is 1.96. The number of anilines is 1. The zero-order valence-electron chi connectivity index (χ0n) is 10.7. The Morgan fingerprint density at radius 2 is 2.24 bits per heavy atom. The first-order valence-corrected chi connectivity index (χ1v) is 6.71. The van der Waals surface area contributed by atoms with E-state index in [1.807, 2.05) is 6.07 Å². The van der Waals surface area contributed by atoms with Gasteiger partial charge in [0.15, 0.2) is 0 Å². The largest absolute Gasteiger partial charge is 0.384 e. The molecular formula is C12H20BrN3O. The maximum Gasteiger partial charge on any atom is 0.132 e. The molecule has 0 bridgehead atoms. The number of aryl methyl sites for hydroxylation is 1. The van der Waals surface area contributed by atoms with Crippen LogP contribution in [0.25, 0.3) is 0 Å². The minimum Gasteiger partial charge on any atom is -0.384 e. The summed E-state index contributed by atoms with van der Waals surface area (Å²) in [5.74, 6) is 2.21. The molecule has 0 aliphatic heterocycles. The van der Waals surface area contributed by atoms with Gasteiger partial charge < -0.3 is 10.1 Å². The number of ether oxygens (including phenoxy) is 1. The van der Waals surface area contributed by atoms with E-state index in [4.69, 9.17) is 4.74 Å². The number of nitrogens with one attached hydrogen (secondary N) is 1. The molecule has 1 heterocycles. The van der Waals surface area contributed by atoms with E-state index in [1.165, 1.54) is 0 Å². The van der Waals surface area contributed by atoms with E-state index in [0.29, 0.717) is 5.92 Å². The summed E-state index contributed by atoms with van der Waals surface area (Å²) < 4.78 is 5.93. The number of nitrogens with zero attached hydrogens (tertiary/aromatic N) is 2. The zero-order chi connectivity index (χ0) is 12.7. The molecule has 0 aliphatic rings. The fourth-order valence-corrected chi connectivity index (χ4v) is 1.93. The van der Waals surface area contributed by atoms with Crippen LogP contribution in [0.4, 0.5) is 5.82 Å². The van der Waals surface area contributed by atoms with Gasteiger partial charge in [0.2, 0.25) is 0 Å². The van der Waals surface area contributed by atoms with Crippen LogP contribution in [0.3, 0.4) is 0 Å². The molecule has 17 heavy (non-hydrogen) atoms. The van der Waals surface area contributed by atoms with E-state index >= 15 is 0 Å². The summed E-state index contributed by atoms with van der Waals surface area (Å²) in [4.78, 5) is 8.79. The molecule has 0 saturated carbocycles. The molecule has 5 heteroatoms. The van der Waals surface area contributed by atoms with E-state index in [1.54, 1.807) is 7.11 Å². The minimum absolute atomic E-state index is 0.461. The van der Waals surface area contributed by atoms with Crippen molar-refractivity contribution in [3.05, 3.63) is 16.5 Å². The summed E-state index contributed by atoms with van der Waals surface area (Å²) in [6, 6.07) is 1.90. The molecule has 4 nitrogen and oxygen atoms in total. The van der Waals surface area contributed by atoms with Gasteiger partial charge in [-0.15, -0.1) is 0 Å². The molecule has 0 saturated heterocycles. The number of methoxy groups -OCH3 is 1. The second-order valence-electron chi connectivity index (χ2n) is 4.18. The van der Waals surface area contributed by atoms with E-state index in [-0.39, 0.29) is 0 Å². The molecule has 0 aromatic carbocycles. The third kappa shape index (κ3) is 5.46. The second kappa shape index (κ2) is 7.61. The first-order chi connectivity index (χ1) is 8.15. The summed E-state index contributed by atoms with van der Waals surface area (Å²) in [6.45, 7) is 5.86. The van der Waals surface area contributed by atoms with Gasteiger partial charge in [-0.3, -0.25) is 0 Å². The van der Waals surface area contributed by atoms with Crippen LogP contribution in [-0.4, -0.2) is 30.2 Å². The molecule has 0 spiro atoms. The standard InChI is InChI=1S/C12H20BrN3O/c1-4-5-11-15-10(13)6-12(16-11)14-7-9(2)8-17-3/h6,9H,4-5,7-8H2,1-3H3,(H,14,15,16). The molecule has 1 aromatic rings. The molecule has 0 fully saturated rings. The van der Waals surface area contributed by atoms with Crippen LogP contribution in [0.2, 0.25) is 0 Å². The summed E-state index contributed by atoms with van der Waals surface area (Å²) in [5.41, 5.74) is 0. The Morgan fingerprint density at radius 3 is 2.88 bits per heavy atom. The van der Waals surface area contributed by atoms with E-state index in [2.05, 4.69) is 45.1 Å². The van der Waals surface area contributed by atoms with Gasteiger partial charge in [-0.1, -0.05) is 13.8 Å². The van der Waals surface area contributed by atoms with Crippen LogP contribution in [0, 0.1) is 5.92 Å². The molecule has 0 radical (unpaired) electrons. The average Bonchev–Trinajstić information content (AvgIpc) is 2.26. The lowest BCUT2D eigenvalue weighted by molar-refractivity contribution is 0.164. The molecule has 1 rings (SSSR count). The van der Waals surface area contributed by atoms with Crippen molar-refractivity contribution < 1.29 is 4.74 Å². The topological polar surface area (TPSA) is 47.0 Å². The number of aromatic nitrogens is 2. The SMILES string of the molecule is CCCc1nc(Br)cc(NCC(C)COC)n1. The maximum atomic E-state index is 5.10. The fourth-order valence-electron chi connectivity index (χ4n) is 1.51. The maximum absolute atomic E-state index is 5.10. The van der Waals surface area contributed by atoms with Gasteiger partial charge in [0.05, 0.1) is 6.61 Å².